The van der Waals surface area contributed by atoms with Crippen LogP contribution >= 0.6 is 12.6 Å². The molecule has 0 amide bonds. The Kier molecular flexibility index (Phi) is 13.6. The average Bonchev–Trinajstić information content (AvgIpc) is 2.39. The fraction of sp³-hybridized carbons (Fsp3) is 1.00. The largest absolute Gasteiger partial charge is 0.398 e. The molecule has 9 heteroatoms. The summed E-state index contributed by atoms with van der Waals surface area (Å²) >= 11 is 3.84. The van der Waals surface area contributed by atoms with Crippen LogP contribution in [0.3, 0.4) is 0 Å². The van der Waals surface area contributed by atoms with E-state index in [2.05, 4.69) is 22.1 Å². The second-order valence-electron chi connectivity index (χ2n) is 5.28. The van der Waals surface area contributed by atoms with Gasteiger partial charge in [0.15, 0.2) is 0 Å². The molecule has 4 N–H and O–H groups in total. The predicted molar refractivity (Wildman–Crippen MR) is 88.3 cm³/mol. The van der Waals surface area contributed by atoms with E-state index in [1.165, 1.54) is 0 Å². The number of hydrogen-bond acceptors (Lipinski definition) is 7. The van der Waals surface area contributed by atoms with Crippen molar-refractivity contribution in [1.82, 2.24) is 5.32 Å². The lowest BCUT2D eigenvalue weighted by Gasteiger charge is -2.14. The van der Waals surface area contributed by atoms with Crippen LogP contribution in [0.4, 0.5) is 0 Å². The smallest absolute Gasteiger partial charge is 0.396 e. The molecule has 0 rings (SSSR count). The van der Waals surface area contributed by atoms with Crippen LogP contribution < -0.4 is 5.32 Å². The summed E-state index contributed by atoms with van der Waals surface area (Å²) in [6, 6.07) is 0. The van der Waals surface area contributed by atoms with Crippen LogP contribution in [-0.4, -0.2) is 54.4 Å². The van der Waals surface area contributed by atoms with Gasteiger partial charge in [-0.15, -0.1) is 12.6 Å². The van der Waals surface area contributed by atoms with E-state index in [9.17, 15) is 13.5 Å². The first-order chi connectivity index (χ1) is 10.3. The van der Waals surface area contributed by atoms with Crippen LogP contribution in [-0.2, 0) is 14.6 Å². The van der Waals surface area contributed by atoms with Crippen molar-refractivity contribution in [3.63, 3.8) is 0 Å². The third-order valence-electron chi connectivity index (χ3n) is 3.13. The standard InChI is InChI=1S/C13H29NO6S2/c15-9-7-5-3-1-2-4-6-8-12(16)10-14-11-13(21)20-22(17,18)19/h12-16,21H,1-11H2,(H,17,18,19). The second-order valence-corrected chi connectivity index (χ2v) is 6.90. The lowest BCUT2D eigenvalue weighted by molar-refractivity contribution is 0.154. The molecule has 0 aromatic rings. The molecule has 0 aliphatic rings. The van der Waals surface area contributed by atoms with Gasteiger partial charge in [-0.1, -0.05) is 38.5 Å². The van der Waals surface area contributed by atoms with Crippen molar-refractivity contribution < 1.29 is 27.4 Å². The minimum atomic E-state index is -4.50. The molecule has 0 fully saturated rings. The lowest BCUT2D eigenvalue weighted by atomic mass is 10.1. The van der Waals surface area contributed by atoms with E-state index in [1.54, 1.807) is 0 Å². The van der Waals surface area contributed by atoms with E-state index in [0.29, 0.717) is 13.0 Å². The van der Waals surface area contributed by atoms with Crippen LogP contribution in [0.25, 0.3) is 0 Å². The summed E-state index contributed by atoms with van der Waals surface area (Å²) in [6.45, 7) is 0.689. The van der Waals surface area contributed by atoms with Gasteiger partial charge in [0.1, 0.15) is 5.44 Å². The van der Waals surface area contributed by atoms with Crippen LogP contribution in [0.1, 0.15) is 51.4 Å². The topological polar surface area (TPSA) is 116 Å². The molecule has 0 aromatic carbocycles. The third-order valence-corrected chi connectivity index (χ3v) is 4.03. The van der Waals surface area contributed by atoms with E-state index in [4.69, 9.17) is 9.66 Å². The molecule has 7 nitrogen and oxygen atoms in total. The molecule has 0 radical (unpaired) electrons. The highest BCUT2D eigenvalue weighted by molar-refractivity contribution is 7.84. The minimum Gasteiger partial charge on any atom is -0.396 e. The van der Waals surface area contributed by atoms with Gasteiger partial charge in [0.05, 0.1) is 6.10 Å². The molecule has 0 spiro atoms. The van der Waals surface area contributed by atoms with E-state index < -0.39 is 21.9 Å². The first kappa shape index (κ1) is 22.1. The SMILES string of the molecule is O=S(=O)(O)OC(S)CNCC(O)CCCCCCCCCO. The van der Waals surface area contributed by atoms with Gasteiger partial charge >= 0.3 is 10.4 Å². The van der Waals surface area contributed by atoms with Crippen molar-refractivity contribution in [3.05, 3.63) is 0 Å². The average molecular weight is 360 g/mol. The number of hydrogen-bond donors (Lipinski definition) is 5. The molecule has 2 unspecified atom stereocenters. The molecular formula is C13H29NO6S2. The number of rotatable bonds is 15. The van der Waals surface area contributed by atoms with Crippen molar-refractivity contribution in [2.24, 2.45) is 0 Å². The fourth-order valence-corrected chi connectivity index (χ4v) is 2.83. The van der Waals surface area contributed by atoms with Crippen molar-refractivity contribution in [1.29, 1.82) is 0 Å². The Bertz CT molecular complexity index is 352. The summed E-state index contributed by atoms with van der Waals surface area (Å²) in [4.78, 5) is 0. The summed E-state index contributed by atoms with van der Waals surface area (Å²) in [5, 5.41) is 21.2. The van der Waals surface area contributed by atoms with Crippen LogP contribution in [0.2, 0.25) is 0 Å². The van der Waals surface area contributed by atoms with Crippen molar-refractivity contribution >= 4 is 23.0 Å². The number of aliphatic hydroxyl groups is 2. The van der Waals surface area contributed by atoms with Crippen molar-refractivity contribution in [3.8, 4) is 0 Å². The highest BCUT2D eigenvalue weighted by Crippen LogP contribution is 2.09. The predicted octanol–water partition coefficient (Wildman–Crippen LogP) is 1.13. The Morgan fingerprint density at radius 2 is 1.55 bits per heavy atom. The Morgan fingerprint density at radius 3 is 2.09 bits per heavy atom. The summed E-state index contributed by atoms with van der Waals surface area (Å²) in [6.07, 6.45) is 7.56. The van der Waals surface area contributed by atoms with E-state index in [-0.39, 0.29) is 13.2 Å². The Morgan fingerprint density at radius 1 is 1.00 bits per heavy atom. The molecule has 2 atom stereocenters. The minimum absolute atomic E-state index is 0.102. The Hall–Kier alpha value is 0.1000. The van der Waals surface area contributed by atoms with Gasteiger partial charge in [-0.2, -0.15) is 8.42 Å². The van der Waals surface area contributed by atoms with Gasteiger partial charge in [-0.05, 0) is 12.8 Å². The van der Waals surface area contributed by atoms with Gasteiger partial charge in [-0.25, -0.2) is 4.18 Å². The monoisotopic (exact) mass is 359 g/mol. The van der Waals surface area contributed by atoms with Crippen LogP contribution in [0, 0.1) is 0 Å². The van der Waals surface area contributed by atoms with Gasteiger partial charge < -0.3 is 15.5 Å². The van der Waals surface area contributed by atoms with E-state index in [1.807, 2.05) is 0 Å². The highest BCUT2D eigenvalue weighted by Gasteiger charge is 2.13. The Balaban J connectivity index is 3.41. The second kappa shape index (κ2) is 13.5. The van der Waals surface area contributed by atoms with Crippen molar-refractivity contribution in [2.45, 2.75) is 62.9 Å². The van der Waals surface area contributed by atoms with Gasteiger partial charge in [0, 0.05) is 19.7 Å². The van der Waals surface area contributed by atoms with Gasteiger partial charge in [0.2, 0.25) is 0 Å². The normalized spacial score (nSPS) is 14.9. The molecule has 0 saturated heterocycles. The first-order valence-corrected chi connectivity index (χ1v) is 9.56. The number of nitrogens with one attached hydrogen (secondary N) is 1. The zero-order valence-corrected chi connectivity index (χ0v) is 14.6. The zero-order valence-electron chi connectivity index (χ0n) is 12.9. The van der Waals surface area contributed by atoms with E-state index in [0.717, 1.165) is 44.9 Å². The lowest BCUT2D eigenvalue weighted by Crippen LogP contribution is -2.33. The number of aliphatic hydroxyl groups excluding tert-OH is 2. The molecule has 0 aliphatic heterocycles. The van der Waals surface area contributed by atoms with Crippen molar-refractivity contribution in [2.75, 3.05) is 19.7 Å². The number of unbranched alkanes of at least 4 members (excludes halogenated alkanes) is 6. The highest BCUT2D eigenvalue weighted by atomic mass is 32.3. The molecule has 0 aromatic heterocycles. The summed E-state index contributed by atoms with van der Waals surface area (Å²) < 4.78 is 33.5. The summed E-state index contributed by atoms with van der Waals surface area (Å²) in [5.41, 5.74) is -0.985. The quantitative estimate of drug-likeness (QED) is 0.129. The molecule has 0 aliphatic carbocycles. The summed E-state index contributed by atoms with van der Waals surface area (Å²) in [7, 11) is -4.50. The molecule has 0 heterocycles. The third kappa shape index (κ3) is 16.5. The maximum atomic E-state index is 10.4. The molecule has 0 bridgehead atoms. The van der Waals surface area contributed by atoms with Gasteiger partial charge in [0.25, 0.3) is 0 Å². The molecule has 134 valence electrons. The molecule has 22 heavy (non-hydrogen) atoms. The molecular weight excluding hydrogens is 330 g/mol. The zero-order chi connectivity index (χ0) is 16.8. The first-order valence-electron chi connectivity index (χ1n) is 7.68. The summed E-state index contributed by atoms with van der Waals surface area (Å²) in [5.74, 6) is 0. The van der Waals surface area contributed by atoms with Crippen LogP contribution in [0.5, 0.6) is 0 Å². The Labute approximate surface area is 138 Å². The maximum Gasteiger partial charge on any atom is 0.398 e. The van der Waals surface area contributed by atoms with Crippen LogP contribution in [0.15, 0.2) is 0 Å². The fourth-order valence-electron chi connectivity index (χ4n) is 2.03. The molecule has 0 saturated carbocycles. The maximum absolute atomic E-state index is 10.4. The van der Waals surface area contributed by atoms with Gasteiger partial charge in [-0.3, -0.25) is 4.55 Å². The number of thiol groups is 1. The van der Waals surface area contributed by atoms with E-state index >= 15 is 0 Å².